The van der Waals surface area contributed by atoms with Crippen LogP contribution in [-0.4, -0.2) is 34.7 Å². The van der Waals surface area contributed by atoms with Gasteiger partial charge in [-0.1, -0.05) is 26.7 Å². The van der Waals surface area contributed by atoms with Gasteiger partial charge in [0, 0.05) is 18.6 Å². The molecule has 2 nitrogen and oxygen atoms in total. The highest BCUT2D eigenvalue weighted by Crippen LogP contribution is 2.34. The van der Waals surface area contributed by atoms with E-state index in [1.165, 1.54) is 45.1 Å². The molecule has 2 rings (SSSR count). The highest BCUT2D eigenvalue weighted by molar-refractivity contribution is 4.91. The monoisotopic (exact) mass is 253 g/mol. The molecule has 106 valence electrons. The summed E-state index contributed by atoms with van der Waals surface area (Å²) < 4.78 is 0. The number of hydrogen-bond acceptors (Lipinski definition) is 2. The average molecular weight is 253 g/mol. The zero-order valence-corrected chi connectivity index (χ0v) is 12.4. The summed E-state index contributed by atoms with van der Waals surface area (Å²) in [6, 6.07) is 1.11. The maximum Gasteiger partial charge on any atom is 0.0695 e. The van der Waals surface area contributed by atoms with E-state index in [1.54, 1.807) is 0 Å². The molecule has 5 atom stereocenters. The van der Waals surface area contributed by atoms with E-state index in [1.807, 2.05) is 0 Å². The Morgan fingerprint density at radius 1 is 1.11 bits per heavy atom. The van der Waals surface area contributed by atoms with Crippen LogP contribution in [0.2, 0.25) is 0 Å². The van der Waals surface area contributed by atoms with Gasteiger partial charge in [0.25, 0.3) is 0 Å². The molecular formula is C16H31NO. The van der Waals surface area contributed by atoms with Gasteiger partial charge < -0.3 is 5.11 Å². The predicted octanol–water partition coefficient (Wildman–Crippen LogP) is 3.44. The zero-order chi connectivity index (χ0) is 13.1. The molecule has 1 aliphatic carbocycles. The Kier molecular flexibility index (Phi) is 5.08. The second-order valence-electron chi connectivity index (χ2n) is 6.83. The molecule has 0 aromatic rings. The van der Waals surface area contributed by atoms with Gasteiger partial charge in [0.1, 0.15) is 0 Å². The lowest BCUT2D eigenvalue weighted by Crippen LogP contribution is -2.54. The first-order chi connectivity index (χ1) is 8.61. The van der Waals surface area contributed by atoms with Gasteiger partial charge in [0.15, 0.2) is 0 Å². The van der Waals surface area contributed by atoms with Crippen LogP contribution in [0.3, 0.4) is 0 Å². The van der Waals surface area contributed by atoms with Gasteiger partial charge >= 0.3 is 0 Å². The van der Waals surface area contributed by atoms with Crippen LogP contribution in [0.25, 0.3) is 0 Å². The predicted molar refractivity (Wildman–Crippen MR) is 76.6 cm³/mol. The SMILES string of the molecule is CCCC1CCC(O)C(N2CC(C)CCC2C)C1. The number of aliphatic hydroxyl groups excluding tert-OH is 1. The second-order valence-corrected chi connectivity index (χ2v) is 6.83. The van der Waals surface area contributed by atoms with Gasteiger partial charge in [0.2, 0.25) is 0 Å². The van der Waals surface area contributed by atoms with Crippen molar-refractivity contribution in [1.29, 1.82) is 0 Å². The maximum absolute atomic E-state index is 10.4. The van der Waals surface area contributed by atoms with Crippen LogP contribution in [0.15, 0.2) is 0 Å². The number of likely N-dealkylation sites (tertiary alicyclic amines) is 1. The van der Waals surface area contributed by atoms with E-state index in [0.717, 1.165) is 18.3 Å². The molecule has 0 aromatic heterocycles. The van der Waals surface area contributed by atoms with Crippen LogP contribution in [0.1, 0.15) is 65.7 Å². The maximum atomic E-state index is 10.4. The van der Waals surface area contributed by atoms with E-state index in [0.29, 0.717) is 12.1 Å². The van der Waals surface area contributed by atoms with E-state index < -0.39 is 0 Å². The Hall–Kier alpha value is -0.0800. The van der Waals surface area contributed by atoms with Crippen molar-refractivity contribution in [2.24, 2.45) is 11.8 Å². The molecule has 1 saturated heterocycles. The van der Waals surface area contributed by atoms with Gasteiger partial charge in [-0.25, -0.2) is 0 Å². The molecular weight excluding hydrogens is 222 g/mol. The average Bonchev–Trinajstić information content (AvgIpc) is 2.35. The molecule has 5 unspecified atom stereocenters. The van der Waals surface area contributed by atoms with Crippen molar-refractivity contribution in [1.82, 2.24) is 4.90 Å². The summed E-state index contributed by atoms with van der Waals surface area (Å²) in [4.78, 5) is 2.63. The topological polar surface area (TPSA) is 23.5 Å². The lowest BCUT2D eigenvalue weighted by molar-refractivity contribution is -0.0348. The Bertz CT molecular complexity index is 255. The number of piperidine rings is 1. The molecule has 0 aromatic carbocycles. The standard InChI is InChI=1S/C16H31NO/c1-4-5-14-8-9-16(18)15(10-14)17-11-12(2)6-7-13(17)3/h12-16,18H,4-11H2,1-3H3. The Morgan fingerprint density at radius 2 is 1.89 bits per heavy atom. The van der Waals surface area contributed by atoms with E-state index in [9.17, 15) is 5.11 Å². The van der Waals surface area contributed by atoms with Gasteiger partial charge in [-0.05, 0) is 50.9 Å². The summed E-state index contributed by atoms with van der Waals surface area (Å²) in [6.07, 6.45) is 8.72. The van der Waals surface area contributed by atoms with Crippen molar-refractivity contribution in [3.05, 3.63) is 0 Å². The minimum absolute atomic E-state index is 0.0779. The molecule has 2 fully saturated rings. The first kappa shape index (κ1) is 14.3. The molecule has 1 aliphatic heterocycles. The third-order valence-corrected chi connectivity index (χ3v) is 5.18. The van der Waals surface area contributed by atoms with Crippen molar-refractivity contribution in [3.63, 3.8) is 0 Å². The van der Waals surface area contributed by atoms with E-state index >= 15 is 0 Å². The summed E-state index contributed by atoms with van der Waals surface area (Å²) in [5.41, 5.74) is 0. The van der Waals surface area contributed by atoms with E-state index in [-0.39, 0.29) is 6.10 Å². The van der Waals surface area contributed by atoms with Gasteiger partial charge in [0.05, 0.1) is 6.10 Å². The Morgan fingerprint density at radius 3 is 2.61 bits per heavy atom. The summed E-state index contributed by atoms with van der Waals surface area (Å²) >= 11 is 0. The summed E-state index contributed by atoms with van der Waals surface area (Å²) in [7, 11) is 0. The second kappa shape index (κ2) is 6.38. The van der Waals surface area contributed by atoms with Crippen LogP contribution in [0.4, 0.5) is 0 Å². The molecule has 2 aliphatic rings. The van der Waals surface area contributed by atoms with Crippen molar-refractivity contribution < 1.29 is 5.11 Å². The van der Waals surface area contributed by atoms with Crippen molar-refractivity contribution in [2.75, 3.05) is 6.54 Å². The van der Waals surface area contributed by atoms with Crippen LogP contribution in [0, 0.1) is 11.8 Å². The lowest BCUT2D eigenvalue weighted by Gasteiger charge is -2.47. The Balaban J connectivity index is 1.99. The van der Waals surface area contributed by atoms with Crippen LogP contribution in [0.5, 0.6) is 0 Å². The van der Waals surface area contributed by atoms with Crippen LogP contribution in [-0.2, 0) is 0 Å². The number of rotatable bonds is 3. The van der Waals surface area contributed by atoms with E-state index in [2.05, 4.69) is 25.7 Å². The number of hydrogen-bond donors (Lipinski definition) is 1. The van der Waals surface area contributed by atoms with Gasteiger partial charge in [-0.2, -0.15) is 0 Å². The summed E-state index contributed by atoms with van der Waals surface area (Å²) in [5, 5.41) is 10.4. The molecule has 18 heavy (non-hydrogen) atoms. The van der Waals surface area contributed by atoms with Crippen LogP contribution < -0.4 is 0 Å². The quantitative estimate of drug-likeness (QED) is 0.833. The molecule has 0 radical (unpaired) electrons. The van der Waals surface area contributed by atoms with Crippen LogP contribution >= 0.6 is 0 Å². The fourth-order valence-electron chi connectivity index (χ4n) is 4.03. The smallest absolute Gasteiger partial charge is 0.0695 e. The van der Waals surface area contributed by atoms with Gasteiger partial charge in [-0.15, -0.1) is 0 Å². The third kappa shape index (κ3) is 3.27. The van der Waals surface area contributed by atoms with Crippen molar-refractivity contribution >= 4 is 0 Å². The molecule has 1 heterocycles. The molecule has 1 N–H and O–H groups in total. The zero-order valence-electron chi connectivity index (χ0n) is 12.4. The molecule has 2 heteroatoms. The first-order valence-electron chi connectivity index (χ1n) is 8.05. The molecule has 0 spiro atoms. The molecule has 0 amide bonds. The van der Waals surface area contributed by atoms with Crippen molar-refractivity contribution in [2.45, 2.75) is 83.9 Å². The normalized spacial score (nSPS) is 43.0. The summed E-state index contributed by atoms with van der Waals surface area (Å²) in [6.45, 7) is 8.19. The number of nitrogens with zero attached hydrogens (tertiary/aromatic N) is 1. The minimum Gasteiger partial charge on any atom is -0.391 e. The molecule has 0 bridgehead atoms. The summed E-state index contributed by atoms with van der Waals surface area (Å²) in [5.74, 6) is 1.66. The highest BCUT2D eigenvalue weighted by atomic mass is 16.3. The third-order valence-electron chi connectivity index (χ3n) is 5.18. The first-order valence-corrected chi connectivity index (χ1v) is 8.05. The fourth-order valence-corrected chi connectivity index (χ4v) is 4.03. The fraction of sp³-hybridized carbons (Fsp3) is 1.00. The van der Waals surface area contributed by atoms with E-state index in [4.69, 9.17) is 0 Å². The van der Waals surface area contributed by atoms with Crippen molar-refractivity contribution in [3.8, 4) is 0 Å². The highest BCUT2D eigenvalue weighted by Gasteiger charge is 2.37. The Labute approximate surface area is 113 Å². The van der Waals surface area contributed by atoms with Gasteiger partial charge in [-0.3, -0.25) is 4.90 Å². The lowest BCUT2D eigenvalue weighted by atomic mass is 9.79. The largest absolute Gasteiger partial charge is 0.391 e. The number of aliphatic hydroxyl groups is 1. The molecule has 1 saturated carbocycles. The minimum atomic E-state index is -0.0779.